The van der Waals surface area contributed by atoms with E-state index < -0.39 is 0 Å². The Balaban J connectivity index is 2.56. The van der Waals surface area contributed by atoms with Crippen LogP contribution in [0.5, 0.6) is 0 Å². The number of nitrogens with two attached hydrogens (primary N) is 1. The lowest BCUT2D eigenvalue weighted by Crippen LogP contribution is -2.12. The molecule has 0 bridgehead atoms. The van der Waals surface area contributed by atoms with Crippen molar-refractivity contribution in [1.29, 1.82) is 0 Å². The van der Waals surface area contributed by atoms with Gasteiger partial charge in [-0.15, -0.1) is 0 Å². The summed E-state index contributed by atoms with van der Waals surface area (Å²) >= 11 is 0. The maximum atomic E-state index is 5.57. The molecule has 0 spiro atoms. The lowest BCUT2D eigenvalue weighted by molar-refractivity contribution is 0.431. The number of hydrogen-bond donors (Lipinski definition) is 1. The molecule has 3 heteroatoms. The zero-order chi connectivity index (χ0) is 11.3. The lowest BCUT2D eigenvalue weighted by atomic mass is 10.0. The van der Waals surface area contributed by atoms with Gasteiger partial charge in [-0.2, -0.15) is 0 Å². The highest BCUT2D eigenvalue weighted by Crippen LogP contribution is 2.18. The predicted octanol–water partition coefficient (Wildman–Crippen LogP) is 2.38. The van der Waals surface area contributed by atoms with Crippen molar-refractivity contribution in [3.63, 3.8) is 0 Å². The van der Waals surface area contributed by atoms with Crippen molar-refractivity contribution in [2.24, 2.45) is 11.7 Å². The SMILES string of the molecule is CC(C)CCC(C)n1cncc1CCN. The molecule has 3 nitrogen and oxygen atoms in total. The third-order valence-electron chi connectivity index (χ3n) is 2.78. The molecule has 0 radical (unpaired) electrons. The van der Waals surface area contributed by atoms with Crippen LogP contribution in [0.3, 0.4) is 0 Å². The third kappa shape index (κ3) is 3.67. The normalized spacial score (nSPS) is 13.4. The Hall–Kier alpha value is -0.830. The summed E-state index contributed by atoms with van der Waals surface area (Å²) in [6.45, 7) is 7.48. The number of aromatic nitrogens is 2. The minimum Gasteiger partial charge on any atom is -0.332 e. The Morgan fingerprint density at radius 3 is 2.67 bits per heavy atom. The van der Waals surface area contributed by atoms with Crippen LogP contribution in [0, 0.1) is 5.92 Å². The minimum atomic E-state index is 0.538. The predicted molar refractivity (Wildman–Crippen MR) is 63.8 cm³/mol. The van der Waals surface area contributed by atoms with Crippen LogP contribution in [0.25, 0.3) is 0 Å². The van der Waals surface area contributed by atoms with Gasteiger partial charge in [-0.1, -0.05) is 13.8 Å². The quantitative estimate of drug-likeness (QED) is 0.781. The van der Waals surface area contributed by atoms with Gasteiger partial charge in [0.25, 0.3) is 0 Å². The highest BCUT2D eigenvalue weighted by Gasteiger charge is 2.09. The molecule has 0 aliphatic rings. The van der Waals surface area contributed by atoms with Crippen LogP contribution in [-0.4, -0.2) is 16.1 Å². The zero-order valence-electron chi connectivity index (χ0n) is 10.1. The molecule has 0 aliphatic heterocycles. The van der Waals surface area contributed by atoms with E-state index in [-0.39, 0.29) is 0 Å². The minimum absolute atomic E-state index is 0.538. The van der Waals surface area contributed by atoms with Gasteiger partial charge in [0.15, 0.2) is 0 Å². The first kappa shape index (κ1) is 12.2. The first-order chi connectivity index (χ1) is 7.15. The Kier molecular flexibility index (Phi) is 4.82. The fourth-order valence-corrected chi connectivity index (χ4v) is 1.78. The Morgan fingerprint density at radius 2 is 2.07 bits per heavy atom. The van der Waals surface area contributed by atoms with E-state index in [0.29, 0.717) is 12.6 Å². The molecule has 0 aromatic carbocycles. The highest BCUT2D eigenvalue weighted by molar-refractivity contribution is 5.00. The van der Waals surface area contributed by atoms with E-state index in [1.165, 1.54) is 18.5 Å². The lowest BCUT2D eigenvalue weighted by Gasteiger charge is -2.17. The number of hydrogen-bond acceptors (Lipinski definition) is 2. The monoisotopic (exact) mass is 209 g/mol. The van der Waals surface area contributed by atoms with Gasteiger partial charge < -0.3 is 10.3 Å². The molecule has 0 aliphatic carbocycles. The first-order valence-corrected chi connectivity index (χ1v) is 5.86. The average Bonchev–Trinajstić information content (AvgIpc) is 2.63. The van der Waals surface area contributed by atoms with Gasteiger partial charge in [-0.25, -0.2) is 4.98 Å². The summed E-state index contributed by atoms with van der Waals surface area (Å²) in [5.41, 5.74) is 6.83. The molecule has 0 saturated heterocycles. The van der Waals surface area contributed by atoms with Crippen LogP contribution in [0.1, 0.15) is 45.3 Å². The fourth-order valence-electron chi connectivity index (χ4n) is 1.78. The molecule has 1 aromatic heterocycles. The summed E-state index contributed by atoms with van der Waals surface area (Å²) in [7, 11) is 0. The van der Waals surface area contributed by atoms with Crippen molar-refractivity contribution >= 4 is 0 Å². The zero-order valence-corrected chi connectivity index (χ0v) is 10.1. The second-order valence-corrected chi connectivity index (χ2v) is 4.65. The first-order valence-electron chi connectivity index (χ1n) is 5.86. The molecular weight excluding hydrogens is 186 g/mol. The topological polar surface area (TPSA) is 43.8 Å². The van der Waals surface area contributed by atoms with Crippen LogP contribution >= 0.6 is 0 Å². The van der Waals surface area contributed by atoms with E-state index in [0.717, 1.165) is 12.3 Å². The van der Waals surface area contributed by atoms with E-state index in [1.807, 2.05) is 12.5 Å². The van der Waals surface area contributed by atoms with Gasteiger partial charge in [-0.3, -0.25) is 0 Å². The second kappa shape index (κ2) is 5.91. The van der Waals surface area contributed by atoms with Crippen LogP contribution in [0.2, 0.25) is 0 Å². The molecule has 1 atom stereocenters. The molecule has 86 valence electrons. The van der Waals surface area contributed by atoms with Gasteiger partial charge in [0, 0.05) is 24.4 Å². The summed E-state index contributed by atoms with van der Waals surface area (Å²) in [5.74, 6) is 0.772. The van der Waals surface area contributed by atoms with Crippen LogP contribution in [0.15, 0.2) is 12.5 Å². The van der Waals surface area contributed by atoms with Crippen molar-refractivity contribution in [2.75, 3.05) is 6.54 Å². The molecule has 0 saturated carbocycles. The standard InChI is InChI=1S/C12H23N3/c1-10(2)4-5-11(3)15-9-14-8-12(15)6-7-13/h8-11H,4-7,13H2,1-3H3. The van der Waals surface area contributed by atoms with Gasteiger partial charge in [0.05, 0.1) is 6.33 Å². The van der Waals surface area contributed by atoms with E-state index in [9.17, 15) is 0 Å². The molecule has 2 N–H and O–H groups in total. The molecule has 1 heterocycles. The maximum Gasteiger partial charge on any atom is 0.0950 e. The summed E-state index contributed by atoms with van der Waals surface area (Å²) in [6.07, 6.45) is 7.26. The van der Waals surface area contributed by atoms with Crippen molar-refractivity contribution in [1.82, 2.24) is 9.55 Å². The summed E-state index contributed by atoms with van der Waals surface area (Å²) in [6, 6.07) is 0.538. The third-order valence-corrected chi connectivity index (χ3v) is 2.78. The van der Waals surface area contributed by atoms with Gasteiger partial charge >= 0.3 is 0 Å². The largest absolute Gasteiger partial charge is 0.332 e. The maximum absolute atomic E-state index is 5.57. The Bertz CT molecular complexity index is 278. The molecule has 0 amide bonds. The second-order valence-electron chi connectivity index (χ2n) is 4.65. The highest BCUT2D eigenvalue weighted by atomic mass is 15.1. The van der Waals surface area contributed by atoms with E-state index in [1.54, 1.807) is 0 Å². The van der Waals surface area contributed by atoms with E-state index in [2.05, 4.69) is 30.3 Å². The van der Waals surface area contributed by atoms with Crippen molar-refractivity contribution in [2.45, 2.75) is 46.1 Å². The Morgan fingerprint density at radius 1 is 1.33 bits per heavy atom. The smallest absolute Gasteiger partial charge is 0.0950 e. The molecule has 1 rings (SSSR count). The molecule has 0 fully saturated rings. The van der Waals surface area contributed by atoms with Crippen LogP contribution in [-0.2, 0) is 6.42 Å². The van der Waals surface area contributed by atoms with E-state index >= 15 is 0 Å². The number of nitrogens with zero attached hydrogens (tertiary/aromatic N) is 2. The van der Waals surface area contributed by atoms with Crippen molar-refractivity contribution in [3.05, 3.63) is 18.2 Å². The number of rotatable bonds is 6. The van der Waals surface area contributed by atoms with Crippen LogP contribution in [0.4, 0.5) is 0 Å². The van der Waals surface area contributed by atoms with Gasteiger partial charge in [-0.05, 0) is 32.2 Å². The van der Waals surface area contributed by atoms with Crippen molar-refractivity contribution in [3.8, 4) is 0 Å². The summed E-state index contributed by atoms with van der Waals surface area (Å²) in [4.78, 5) is 4.20. The van der Waals surface area contributed by atoms with E-state index in [4.69, 9.17) is 5.73 Å². The molecular formula is C12H23N3. The average molecular weight is 209 g/mol. The number of imidazole rings is 1. The van der Waals surface area contributed by atoms with Crippen molar-refractivity contribution < 1.29 is 0 Å². The molecule has 1 aromatic rings. The Labute approximate surface area is 92.7 Å². The summed E-state index contributed by atoms with van der Waals surface area (Å²) < 4.78 is 2.26. The molecule has 15 heavy (non-hydrogen) atoms. The van der Waals surface area contributed by atoms with Gasteiger partial charge in [0.1, 0.15) is 0 Å². The fraction of sp³-hybridized carbons (Fsp3) is 0.750. The molecule has 1 unspecified atom stereocenters. The van der Waals surface area contributed by atoms with Gasteiger partial charge in [0.2, 0.25) is 0 Å². The van der Waals surface area contributed by atoms with Crippen LogP contribution < -0.4 is 5.73 Å². The summed E-state index contributed by atoms with van der Waals surface area (Å²) in [5, 5.41) is 0.